The monoisotopic (exact) mass is 522 g/mol. The molecule has 0 aromatic heterocycles. The number of benzene rings is 2. The van der Waals surface area contributed by atoms with Crippen molar-refractivity contribution in [3.63, 3.8) is 0 Å². The van der Waals surface area contributed by atoms with Crippen LogP contribution in [0.1, 0.15) is 18.4 Å². The molecule has 0 unspecified atom stereocenters. The van der Waals surface area contributed by atoms with Gasteiger partial charge >= 0.3 is 11.8 Å². The Kier molecular flexibility index (Phi) is 9.71. The van der Waals surface area contributed by atoms with Gasteiger partial charge in [-0.05, 0) is 54.8 Å². The molecule has 1 fully saturated rings. The average Bonchev–Trinajstić information content (AvgIpc) is 3.34. The van der Waals surface area contributed by atoms with E-state index in [0.29, 0.717) is 39.4 Å². The van der Waals surface area contributed by atoms with Gasteiger partial charge in [-0.3, -0.25) is 14.4 Å². The predicted molar refractivity (Wildman–Crippen MR) is 131 cm³/mol. The molecule has 0 bridgehead atoms. The Morgan fingerprint density at radius 2 is 1.89 bits per heavy atom. The van der Waals surface area contributed by atoms with Gasteiger partial charge in [0.2, 0.25) is 0 Å². The Hall–Kier alpha value is -3.34. The molecule has 1 aliphatic rings. The number of carbonyl (C=O) groups excluding carboxylic acids is 3. The van der Waals surface area contributed by atoms with Crippen LogP contribution in [0.25, 0.3) is 0 Å². The van der Waals surface area contributed by atoms with E-state index in [2.05, 4.69) is 21.2 Å². The molecule has 0 saturated carbocycles. The Labute approximate surface area is 211 Å². The summed E-state index contributed by atoms with van der Waals surface area (Å²) in [6, 6.07) is 9.49. The molecule has 1 saturated heterocycles. The molecule has 1 aliphatic heterocycles. The fraction of sp³-hybridized carbons (Fsp3) is 0.304. The Morgan fingerprint density at radius 1 is 1.11 bits per heavy atom. The van der Waals surface area contributed by atoms with Gasteiger partial charge in [0.15, 0.2) is 18.1 Å². The second-order valence-corrected chi connectivity index (χ2v) is 8.32. The third-order valence-corrected chi connectivity index (χ3v) is 5.23. The summed E-state index contributed by atoms with van der Waals surface area (Å²) in [7, 11) is 1.44. The average molecular weight is 523 g/mol. The zero-order chi connectivity index (χ0) is 25.2. The fourth-order valence-corrected chi connectivity index (χ4v) is 3.68. The minimum Gasteiger partial charge on any atom is -0.493 e. The van der Waals surface area contributed by atoms with Crippen molar-refractivity contribution in [3.8, 4) is 11.5 Å². The maximum absolute atomic E-state index is 12.2. The molecule has 0 radical (unpaired) electrons. The molecule has 0 spiro atoms. The van der Waals surface area contributed by atoms with Crippen molar-refractivity contribution in [2.75, 3.05) is 32.2 Å². The molecule has 3 amide bonds. The lowest BCUT2D eigenvalue weighted by atomic mass is 10.2. The number of anilines is 1. The standard InChI is InChI=1S/C23H24Cl2N4O6/c1-33-20-7-14(11-27-29-23(32)22(31)26-12-18-3-2-6-34-18)4-5-19(20)35-13-21(30)28-17-9-15(24)8-16(25)10-17/h4-5,7-11,18H,2-3,6,12-13H2,1H3,(H,26,31)(H,28,30)(H,29,32)/b27-11-/t18-/m0/s1. The molecule has 12 heteroatoms. The van der Waals surface area contributed by atoms with E-state index >= 15 is 0 Å². The van der Waals surface area contributed by atoms with Crippen molar-refractivity contribution in [3.05, 3.63) is 52.0 Å². The largest absolute Gasteiger partial charge is 0.493 e. The molecule has 2 aromatic carbocycles. The minimum atomic E-state index is -0.891. The first-order valence-electron chi connectivity index (χ1n) is 10.6. The fourth-order valence-electron chi connectivity index (χ4n) is 3.16. The van der Waals surface area contributed by atoms with E-state index in [1.54, 1.807) is 36.4 Å². The van der Waals surface area contributed by atoms with Gasteiger partial charge in [-0.15, -0.1) is 0 Å². The molecule has 3 N–H and O–H groups in total. The van der Waals surface area contributed by atoms with E-state index in [9.17, 15) is 14.4 Å². The van der Waals surface area contributed by atoms with Crippen LogP contribution in [0.5, 0.6) is 11.5 Å². The lowest BCUT2D eigenvalue weighted by Crippen LogP contribution is -2.41. The van der Waals surface area contributed by atoms with Crippen LogP contribution in [0.2, 0.25) is 10.0 Å². The van der Waals surface area contributed by atoms with Gasteiger partial charge < -0.3 is 24.8 Å². The normalized spacial score (nSPS) is 15.0. The number of nitrogens with zero attached hydrogens (tertiary/aromatic N) is 1. The summed E-state index contributed by atoms with van der Waals surface area (Å²) in [6.07, 6.45) is 3.07. The number of rotatable bonds is 9. The Morgan fingerprint density at radius 3 is 2.57 bits per heavy atom. The van der Waals surface area contributed by atoms with Crippen LogP contribution in [0.15, 0.2) is 41.5 Å². The van der Waals surface area contributed by atoms with Crippen molar-refractivity contribution in [1.29, 1.82) is 0 Å². The van der Waals surface area contributed by atoms with Crippen molar-refractivity contribution in [1.82, 2.24) is 10.7 Å². The third-order valence-electron chi connectivity index (χ3n) is 4.79. The Balaban J connectivity index is 1.48. The SMILES string of the molecule is COc1cc(/C=N\NC(=O)C(=O)NC[C@@H]2CCCO2)ccc1OCC(=O)Nc1cc(Cl)cc(Cl)c1. The van der Waals surface area contributed by atoms with Crippen LogP contribution in [-0.2, 0) is 19.1 Å². The van der Waals surface area contributed by atoms with E-state index in [4.69, 9.17) is 37.4 Å². The molecule has 2 aromatic rings. The van der Waals surface area contributed by atoms with Crippen molar-refractivity contribution in [2.45, 2.75) is 18.9 Å². The van der Waals surface area contributed by atoms with Crippen molar-refractivity contribution < 1.29 is 28.6 Å². The van der Waals surface area contributed by atoms with E-state index in [1.807, 2.05) is 0 Å². The van der Waals surface area contributed by atoms with Crippen LogP contribution in [0.4, 0.5) is 5.69 Å². The first-order valence-corrected chi connectivity index (χ1v) is 11.4. The van der Waals surface area contributed by atoms with Crippen LogP contribution in [0, 0.1) is 0 Å². The zero-order valence-corrected chi connectivity index (χ0v) is 20.3. The van der Waals surface area contributed by atoms with Gasteiger partial charge in [0.25, 0.3) is 5.91 Å². The minimum absolute atomic E-state index is 0.0649. The molecule has 186 valence electrons. The molecule has 1 heterocycles. The number of ether oxygens (including phenoxy) is 3. The quantitative estimate of drug-likeness (QED) is 0.264. The molecular formula is C23H24Cl2N4O6. The number of hydrogen-bond donors (Lipinski definition) is 3. The highest BCUT2D eigenvalue weighted by atomic mass is 35.5. The summed E-state index contributed by atoms with van der Waals surface area (Å²) in [5, 5.41) is 9.72. The highest BCUT2D eigenvalue weighted by Gasteiger charge is 2.19. The van der Waals surface area contributed by atoms with E-state index in [1.165, 1.54) is 13.3 Å². The number of carbonyl (C=O) groups is 3. The van der Waals surface area contributed by atoms with Crippen LogP contribution >= 0.6 is 23.2 Å². The molecule has 0 aliphatic carbocycles. The maximum atomic E-state index is 12.2. The molecule has 1 atom stereocenters. The first-order chi connectivity index (χ1) is 16.8. The van der Waals surface area contributed by atoms with Gasteiger partial charge in [-0.1, -0.05) is 23.2 Å². The van der Waals surface area contributed by atoms with E-state index < -0.39 is 17.7 Å². The maximum Gasteiger partial charge on any atom is 0.329 e. The second kappa shape index (κ2) is 12.9. The summed E-state index contributed by atoms with van der Waals surface area (Å²) >= 11 is 11.9. The summed E-state index contributed by atoms with van der Waals surface area (Å²) < 4.78 is 16.2. The van der Waals surface area contributed by atoms with Gasteiger partial charge in [-0.2, -0.15) is 5.10 Å². The first kappa shape index (κ1) is 26.3. The number of nitrogens with one attached hydrogen (secondary N) is 3. The molecular weight excluding hydrogens is 499 g/mol. The van der Waals surface area contributed by atoms with Crippen LogP contribution in [0.3, 0.4) is 0 Å². The van der Waals surface area contributed by atoms with Gasteiger partial charge in [0, 0.05) is 28.9 Å². The Bertz CT molecular complexity index is 1090. The lowest BCUT2D eigenvalue weighted by Gasteiger charge is -2.12. The summed E-state index contributed by atoms with van der Waals surface area (Å²) in [5.74, 6) is -1.44. The van der Waals surface area contributed by atoms with Gasteiger partial charge in [-0.25, -0.2) is 5.43 Å². The number of halogens is 2. The lowest BCUT2D eigenvalue weighted by molar-refractivity contribution is -0.139. The predicted octanol–water partition coefficient (Wildman–Crippen LogP) is 2.76. The molecule has 35 heavy (non-hydrogen) atoms. The van der Waals surface area contributed by atoms with Crippen LogP contribution < -0.4 is 25.5 Å². The summed E-state index contributed by atoms with van der Waals surface area (Å²) in [5.41, 5.74) is 3.17. The summed E-state index contributed by atoms with van der Waals surface area (Å²) in [6.45, 7) is 0.653. The third kappa shape index (κ3) is 8.43. The van der Waals surface area contributed by atoms with Crippen molar-refractivity contribution >= 4 is 52.8 Å². The number of amides is 3. The second-order valence-electron chi connectivity index (χ2n) is 7.45. The smallest absolute Gasteiger partial charge is 0.329 e. The molecule has 3 rings (SSSR count). The number of methoxy groups -OCH3 is 1. The highest BCUT2D eigenvalue weighted by molar-refractivity contribution is 6.35. The van der Waals surface area contributed by atoms with E-state index in [0.717, 1.165) is 12.8 Å². The van der Waals surface area contributed by atoms with Gasteiger partial charge in [0.05, 0.1) is 19.4 Å². The van der Waals surface area contributed by atoms with Gasteiger partial charge in [0.1, 0.15) is 0 Å². The molecule has 10 nitrogen and oxygen atoms in total. The van der Waals surface area contributed by atoms with E-state index in [-0.39, 0.29) is 19.3 Å². The number of hydrogen-bond acceptors (Lipinski definition) is 7. The zero-order valence-electron chi connectivity index (χ0n) is 18.8. The van der Waals surface area contributed by atoms with Crippen molar-refractivity contribution in [2.24, 2.45) is 5.10 Å². The summed E-state index contributed by atoms with van der Waals surface area (Å²) in [4.78, 5) is 35.9. The number of hydrazone groups is 1. The van der Waals surface area contributed by atoms with Crippen LogP contribution in [-0.4, -0.2) is 56.9 Å². The topological polar surface area (TPSA) is 127 Å². The highest BCUT2D eigenvalue weighted by Crippen LogP contribution is 2.28.